The van der Waals surface area contributed by atoms with Crippen LogP contribution in [0.4, 0.5) is 0 Å². The molecule has 3 N–H and O–H groups in total. The minimum Gasteiger partial charge on any atom is -0.457 e. The predicted octanol–water partition coefficient (Wildman–Crippen LogP) is 4.42. The highest BCUT2D eigenvalue weighted by molar-refractivity contribution is 5.66. The van der Waals surface area contributed by atoms with Crippen molar-refractivity contribution in [2.75, 3.05) is 13.2 Å². The lowest BCUT2D eigenvalue weighted by Crippen LogP contribution is -2.60. The monoisotopic (exact) mass is 634 g/mol. The normalized spacial score (nSPS) is 49.3. The number of aldehydes is 1. The third-order valence-electron chi connectivity index (χ3n) is 14.9. The summed E-state index contributed by atoms with van der Waals surface area (Å²) in [6.45, 7) is 16.0. The third-order valence-corrected chi connectivity index (χ3v) is 14.9. The Hall–Kier alpha value is -1.10. The first-order valence-electron chi connectivity index (χ1n) is 17.5. The van der Waals surface area contributed by atoms with Gasteiger partial charge in [0.05, 0.1) is 36.6 Å². The molecule has 5 aliphatic carbocycles. The number of aliphatic hydroxyl groups excluding tert-OH is 2. The van der Waals surface area contributed by atoms with Crippen molar-refractivity contribution < 1.29 is 43.9 Å². The second-order valence-corrected chi connectivity index (χ2v) is 17.5. The van der Waals surface area contributed by atoms with Crippen LogP contribution in [0.1, 0.15) is 107 Å². The van der Waals surface area contributed by atoms with E-state index in [1.807, 2.05) is 0 Å². The number of hydrogen-bond donors (Lipinski definition) is 3. The molecule has 0 bridgehead atoms. The molecule has 1 aliphatic heterocycles. The Balaban J connectivity index is 1.27. The summed E-state index contributed by atoms with van der Waals surface area (Å²) in [5, 5.41) is 33.3. The molecule has 1 heterocycles. The summed E-state index contributed by atoms with van der Waals surface area (Å²) in [6.07, 6.45) is 5.64. The molecule has 9 heteroatoms. The fourth-order valence-electron chi connectivity index (χ4n) is 13.1. The SMILES string of the molecule is CC(=O)O[C@@H]([C@H]1C[C@@H](C)[C@H]2[C@H](O1)[C@H](O)[C@@]1(C)[C@@H]3CC[C@H]4C(C)(C)[C@@H](O[C@@H](CO)OCC=O)CC[C@@]45C[C@@]35CC[C@]21C)C(C)(C)O. The van der Waals surface area contributed by atoms with E-state index >= 15 is 0 Å². The number of ether oxygens (including phenoxy) is 4. The number of fused-ring (bicyclic) bond motifs is 4. The van der Waals surface area contributed by atoms with Gasteiger partial charge in [-0.25, -0.2) is 0 Å². The second-order valence-electron chi connectivity index (χ2n) is 17.5. The summed E-state index contributed by atoms with van der Waals surface area (Å²) in [5.41, 5.74) is -1.43. The molecule has 0 aromatic carbocycles. The molecule has 9 nitrogen and oxygen atoms in total. The Labute approximate surface area is 269 Å². The number of hydrogen-bond acceptors (Lipinski definition) is 9. The largest absolute Gasteiger partial charge is 0.457 e. The van der Waals surface area contributed by atoms with Crippen LogP contribution in [-0.4, -0.2) is 83.2 Å². The van der Waals surface area contributed by atoms with Gasteiger partial charge in [0.25, 0.3) is 0 Å². The zero-order valence-electron chi connectivity index (χ0n) is 28.7. The van der Waals surface area contributed by atoms with Crippen LogP contribution in [0.2, 0.25) is 0 Å². The van der Waals surface area contributed by atoms with Gasteiger partial charge in [0, 0.05) is 12.3 Å². The smallest absolute Gasteiger partial charge is 0.303 e. The number of carbonyl (C=O) groups excluding carboxylic acids is 2. The van der Waals surface area contributed by atoms with Gasteiger partial charge < -0.3 is 39.1 Å². The Morgan fingerprint density at radius 3 is 2.36 bits per heavy atom. The lowest BCUT2D eigenvalue weighted by Gasteiger charge is -2.63. The summed E-state index contributed by atoms with van der Waals surface area (Å²) in [6, 6.07) is 0. The van der Waals surface area contributed by atoms with Crippen LogP contribution in [0.3, 0.4) is 0 Å². The molecular formula is C36H58O9. The van der Waals surface area contributed by atoms with Crippen LogP contribution >= 0.6 is 0 Å². The highest BCUT2D eigenvalue weighted by Gasteiger charge is 2.84. The van der Waals surface area contributed by atoms with Crippen molar-refractivity contribution in [1.82, 2.24) is 0 Å². The third kappa shape index (κ3) is 4.60. The molecule has 0 radical (unpaired) electrons. The fraction of sp³-hybridized carbons (Fsp3) is 0.944. The molecule has 256 valence electrons. The maximum Gasteiger partial charge on any atom is 0.303 e. The lowest BCUT2D eigenvalue weighted by atomic mass is 9.41. The van der Waals surface area contributed by atoms with Gasteiger partial charge in [-0.2, -0.15) is 0 Å². The zero-order valence-corrected chi connectivity index (χ0v) is 28.7. The van der Waals surface area contributed by atoms with Crippen LogP contribution in [0.15, 0.2) is 0 Å². The average molecular weight is 635 g/mol. The minimum absolute atomic E-state index is 0.0670. The molecule has 0 amide bonds. The molecule has 1 saturated heterocycles. The maximum atomic E-state index is 12.5. The van der Waals surface area contributed by atoms with Gasteiger partial charge in [0.15, 0.2) is 12.4 Å². The van der Waals surface area contributed by atoms with Gasteiger partial charge in [0.2, 0.25) is 0 Å². The van der Waals surface area contributed by atoms with E-state index < -0.39 is 36.2 Å². The summed E-state index contributed by atoms with van der Waals surface area (Å²) < 4.78 is 24.3. The predicted molar refractivity (Wildman–Crippen MR) is 166 cm³/mol. The van der Waals surface area contributed by atoms with Crippen molar-refractivity contribution >= 4 is 12.3 Å². The lowest BCUT2D eigenvalue weighted by molar-refractivity contribution is -0.240. The van der Waals surface area contributed by atoms with Crippen LogP contribution in [-0.2, 0) is 28.5 Å². The first kappa shape index (κ1) is 33.8. The van der Waals surface area contributed by atoms with E-state index in [1.165, 1.54) is 13.3 Å². The summed E-state index contributed by atoms with van der Waals surface area (Å²) in [7, 11) is 0. The molecule has 6 rings (SSSR count). The van der Waals surface area contributed by atoms with Crippen LogP contribution < -0.4 is 0 Å². The molecule has 5 saturated carbocycles. The Bertz CT molecular complexity index is 1170. The highest BCUT2D eigenvalue weighted by Crippen LogP contribution is 2.89. The topological polar surface area (TPSA) is 132 Å². The number of carbonyl (C=O) groups is 2. The fourth-order valence-corrected chi connectivity index (χ4v) is 13.1. The van der Waals surface area contributed by atoms with Crippen LogP contribution in [0, 0.1) is 50.7 Å². The van der Waals surface area contributed by atoms with Gasteiger partial charge >= 0.3 is 5.97 Å². The molecule has 6 aliphatic rings. The second kappa shape index (κ2) is 11.0. The van der Waals surface area contributed by atoms with E-state index in [0.29, 0.717) is 24.5 Å². The Morgan fingerprint density at radius 2 is 1.73 bits per heavy atom. The van der Waals surface area contributed by atoms with E-state index in [0.717, 1.165) is 38.5 Å². The first-order valence-corrected chi connectivity index (χ1v) is 17.5. The molecule has 45 heavy (non-hydrogen) atoms. The molecule has 0 unspecified atom stereocenters. The van der Waals surface area contributed by atoms with Gasteiger partial charge in [-0.15, -0.1) is 0 Å². The van der Waals surface area contributed by atoms with Crippen molar-refractivity contribution in [1.29, 1.82) is 0 Å². The molecular weight excluding hydrogens is 576 g/mol. The van der Waals surface area contributed by atoms with Crippen molar-refractivity contribution in [3.05, 3.63) is 0 Å². The minimum atomic E-state index is -1.27. The summed E-state index contributed by atoms with van der Waals surface area (Å²) in [5.74, 6) is 0.821. The van der Waals surface area contributed by atoms with Crippen molar-refractivity contribution in [2.45, 2.75) is 149 Å². The van der Waals surface area contributed by atoms with E-state index in [9.17, 15) is 24.9 Å². The Kier molecular flexibility index (Phi) is 8.23. The number of rotatable bonds is 9. The van der Waals surface area contributed by atoms with E-state index in [1.54, 1.807) is 13.8 Å². The Morgan fingerprint density at radius 1 is 1.07 bits per heavy atom. The van der Waals surface area contributed by atoms with Crippen LogP contribution in [0.25, 0.3) is 0 Å². The van der Waals surface area contributed by atoms with E-state index in [-0.39, 0.29) is 64.3 Å². The molecule has 14 atom stereocenters. The zero-order chi connectivity index (χ0) is 33.0. The quantitative estimate of drug-likeness (QED) is 0.192. The first-order chi connectivity index (χ1) is 20.9. The van der Waals surface area contributed by atoms with Gasteiger partial charge in [-0.1, -0.05) is 34.6 Å². The van der Waals surface area contributed by atoms with E-state index in [2.05, 4.69) is 34.6 Å². The highest BCUT2D eigenvalue weighted by atomic mass is 16.7. The molecule has 0 aromatic heterocycles. The number of aliphatic hydroxyl groups is 3. The van der Waals surface area contributed by atoms with Gasteiger partial charge in [0.1, 0.15) is 12.9 Å². The molecule has 0 aromatic rings. The molecule has 2 spiro atoms. The summed E-state index contributed by atoms with van der Waals surface area (Å²) >= 11 is 0. The van der Waals surface area contributed by atoms with Gasteiger partial charge in [-0.3, -0.25) is 4.79 Å². The molecule has 6 fully saturated rings. The van der Waals surface area contributed by atoms with Crippen molar-refractivity contribution in [3.63, 3.8) is 0 Å². The van der Waals surface area contributed by atoms with Crippen molar-refractivity contribution in [2.24, 2.45) is 50.7 Å². The van der Waals surface area contributed by atoms with Gasteiger partial charge in [-0.05, 0) is 111 Å². The van der Waals surface area contributed by atoms with E-state index in [4.69, 9.17) is 18.9 Å². The number of esters is 1. The standard InChI is InChI=1S/C36H58O9/c1-20-17-22(30(32(5,6)41)43-21(2)39)44-28-27(20)33(7)13-14-36-19-35(36)12-11-25(45-26(18-38)42-16-15-37)31(3,4)23(35)9-10-24(36)34(33,8)29(28)40/h15,20,22-30,38,40-41H,9-14,16-19H2,1-8H3/t20-,22-,23+,24+,25+,26+,27+,28+,29+,30+,33-,34-,35-,36+/m1/s1. The van der Waals surface area contributed by atoms with Crippen molar-refractivity contribution in [3.8, 4) is 0 Å². The maximum absolute atomic E-state index is 12.5. The average Bonchev–Trinajstić information content (AvgIpc) is 3.59. The summed E-state index contributed by atoms with van der Waals surface area (Å²) in [4.78, 5) is 22.9. The van der Waals surface area contributed by atoms with Crippen LogP contribution in [0.5, 0.6) is 0 Å².